The van der Waals surface area contributed by atoms with Crippen LogP contribution in [-0.2, 0) is 4.79 Å². The molecule has 0 heterocycles. The van der Waals surface area contributed by atoms with Gasteiger partial charge in [0.15, 0.2) is 0 Å². The van der Waals surface area contributed by atoms with Crippen LogP contribution in [0.3, 0.4) is 0 Å². The highest BCUT2D eigenvalue weighted by Gasteiger charge is 2.08. The van der Waals surface area contributed by atoms with E-state index in [1.54, 1.807) is 0 Å². The summed E-state index contributed by atoms with van der Waals surface area (Å²) in [7, 11) is 0. The average Bonchev–Trinajstić information content (AvgIpc) is 1.84. The Bertz CT molecular complexity index is 84.6. The Morgan fingerprint density at radius 1 is 1.88 bits per heavy atom. The first kappa shape index (κ1) is 7.35. The summed E-state index contributed by atoms with van der Waals surface area (Å²) >= 11 is 0. The van der Waals surface area contributed by atoms with E-state index >= 15 is 0 Å². The number of nitrogens with one attached hydrogen (secondary N) is 1. The Hall–Kier alpha value is -0.650. The molecule has 48 valence electrons. The molecule has 0 rings (SSSR count). The molecule has 0 spiro atoms. The highest BCUT2D eigenvalue weighted by molar-refractivity contribution is 5.80. The molecular weight excluding hydrogens is 112 g/mol. The van der Waals surface area contributed by atoms with Crippen molar-refractivity contribution < 1.29 is 15.1 Å². The van der Waals surface area contributed by atoms with Crippen molar-refractivity contribution in [3.63, 3.8) is 0 Å². The Labute approximate surface area is 46.1 Å². The maximum Gasteiger partial charge on any atom is 0.262 e. The van der Waals surface area contributed by atoms with Gasteiger partial charge in [-0.05, 0) is 0 Å². The second kappa shape index (κ2) is 3.36. The van der Waals surface area contributed by atoms with Gasteiger partial charge in [-0.25, -0.2) is 5.48 Å². The van der Waals surface area contributed by atoms with Crippen LogP contribution in [0.4, 0.5) is 0 Å². The van der Waals surface area contributed by atoms with Crippen LogP contribution in [0.1, 0.15) is 0 Å². The standard InChI is InChI=1S/C3H8N2O3/c4-2(1-6)3(7)5-8/h2,6,8H,1,4H2,(H,5,7)/t2-/m1/s1. The lowest BCUT2D eigenvalue weighted by molar-refractivity contribution is -0.131. The Balaban J connectivity index is 3.46. The van der Waals surface area contributed by atoms with Crippen molar-refractivity contribution in [2.45, 2.75) is 6.04 Å². The Morgan fingerprint density at radius 3 is 2.50 bits per heavy atom. The molecule has 0 bridgehead atoms. The van der Waals surface area contributed by atoms with E-state index in [2.05, 4.69) is 0 Å². The van der Waals surface area contributed by atoms with Crippen molar-refractivity contribution in [3.8, 4) is 0 Å². The minimum Gasteiger partial charge on any atom is -0.394 e. The molecule has 0 aromatic rings. The van der Waals surface area contributed by atoms with Crippen LogP contribution >= 0.6 is 0 Å². The summed E-state index contributed by atoms with van der Waals surface area (Å²) in [5, 5.41) is 16.0. The van der Waals surface area contributed by atoms with Crippen molar-refractivity contribution in [2.75, 3.05) is 6.61 Å². The fraction of sp³-hybridized carbons (Fsp3) is 0.667. The van der Waals surface area contributed by atoms with E-state index in [0.717, 1.165) is 0 Å². The third-order valence-corrected chi connectivity index (χ3v) is 0.644. The van der Waals surface area contributed by atoms with Gasteiger partial charge in [0, 0.05) is 0 Å². The van der Waals surface area contributed by atoms with Gasteiger partial charge >= 0.3 is 0 Å². The first-order valence-electron chi connectivity index (χ1n) is 2.02. The van der Waals surface area contributed by atoms with Crippen molar-refractivity contribution >= 4 is 5.91 Å². The number of carbonyl (C=O) groups is 1. The molecule has 0 unspecified atom stereocenters. The summed E-state index contributed by atoms with van der Waals surface area (Å²) in [6.07, 6.45) is 0. The number of hydroxylamine groups is 1. The zero-order valence-electron chi connectivity index (χ0n) is 4.16. The van der Waals surface area contributed by atoms with Gasteiger partial charge in [0.2, 0.25) is 0 Å². The molecule has 0 fully saturated rings. The van der Waals surface area contributed by atoms with Gasteiger partial charge < -0.3 is 10.8 Å². The lowest BCUT2D eigenvalue weighted by Crippen LogP contribution is -2.41. The van der Waals surface area contributed by atoms with Crippen LogP contribution in [0.2, 0.25) is 0 Å². The van der Waals surface area contributed by atoms with Crippen LogP contribution in [0.15, 0.2) is 0 Å². The lowest BCUT2D eigenvalue weighted by Gasteiger charge is -2.02. The van der Waals surface area contributed by atoms with Crippen LogP contribution < -0.4 is 11.2 Å². The summed E-state index contributed by atoms with van der Waals surface area (Å²) in [4.78, 5) is 10.1. The summed E-state index contributed by atoms with van der Waals surface area (Å²) in [6.45, 7) is -0.466. The molecule has 0 aliphatic heterocycles. The van der Waals surface area contributed by atoms with Crippen molar-refractivity contribution in [3.05, 3.63) is 0 Å². The number of carbonyl (C=O) groups excluding carboxylic acids is 1. The summed E-state index contributed by atoms with van der Waals surface area (Å²) in [6, 6.07) is -1.03. The van der Waals surface area contributed by atoms with Crippen molar-refractivity contribution in [1.29, 1.82) is 0 Å². The van der Waals surface area contributed by atoms with E-state index in [9.17, 15) is 4.79 Å². The normalized spacial score (nSPS) is 12.9. The summed E-state index contributed by atoms with van der Waals surface area (Å²) < 4.78 is 0. The molecule has 1 atom stereocenters. The van der Waals surface area contributed by atoms with Gasteiger partial charge in [0.1, 0.15) is 6.04 Å². The molecule has 0 aliphatic rings. The number of nitrogens with two attached hydrogens (primary N) is 1. The van der Waals surface area contributed by atoms with Crippen molar-refractivity contribution in [1.82, 2.24) is 5.48 Å². The molecule has 0 saturated heterocycles. The number of rotatable bonds is 2. The first-order chi connectivity index (χ1) is 3.72. The molecule has 5 N–H and O–H groups in total. The number of hydrogen-bond donors (Lipinski definition) is 4. The van der Waals surface area contributed by atoms with E-state index in [1.807, 2.05) is 0 Å². The molecule has 8 heavy (non-hydrogen) atoms. The molecule has 0 aromatic carbocycles. The van der Waals surface area contributed by atoms with Crippen molar-refractivity contribution in [2.24, 2.45) is 5.73 Å². The van der Waals surface area contributed by atoms with Gasteiger partial charge in [-0.15, -0.1) is 0 Å². The Morgan fingerprint density at radius 2 is 2.38 bits per heavy atom. The third-order valence-electron chi connectivity index (χ3n) is 0.644. The quantitative estimate of drug-likeness (QED) is 0.246. The van der Waals surface area contributed by atoms with Gasteiger partial charge in [0.05, 0.1) is 6.61 Å². The van der Waals surface area contributed by atoms with Crippen LogP contribution in [-0.4, -0.2) is 28.9 Å². The molecule has 5 heteroatoms. The largest absolute Gasteiger partial charge is 0.394 e. The molecule has 5 nitrogen and oxygen atoms in total. The number of hydrogen-bond acceptors (Lipinski definition) is 4. The topological polar surface area (TPSA) is 95.6 Å². The van der Waals surface area contributed by atoms with Crippen LogP contribution in [0.25, 0.3) is 0 Å². The maximum atomic E-state index is 10.1. The third kappa shape index (κ3) is 1.87. The first-order valence-corrected chi connectivity index (χ1v) is 2.02. The molecule has 0 radical (unpaired) electrons. The minimum absolute atomic E-state index is 0.466. The zero-order chi connectivity index (χ0) is 6.57. The van der Waals surface area contributed by atoms with Gasteiger partial charge in [-0.1, -0.05) is 0 Å². The van der Waals surface area contributed by atoms with Gasteiger partial charge in [0.25, 0.3) is 5.91 Å². The fourth-order valence-corrected chi connectivity index (χ4v) is 0.166. The highest BCUT2D eigenvalue weighted by Crippen LogP contribution is 1.71. The second-order valence-corrected chi connectivity index (χ2v) is 1.27. The van der Waals surface area contributed by atoms with E-state index in [0.29, 0.717) is 0 Å². The number of amides is 1. The zero-order valence-corrected chi connectivity index (χ0v) is 4.16. The number of aliphatic hydroxyl groups excluding tert-OH is 1. The molecule has 0 saturated carbocycles. The van der Waals surface area contributed by atoms with E-state index < -0.39 is 18.6 Å². The summed E-state index contributed by atoms with van der Waals surface area (Å²) in [5.74, 6) is -0.785. The van der Waals surface area contributed by atoms with Crippen LogP contribution in [0.5, 0.6) is 0 Å². The molecule has 0 aliphatic carbocycles. The highest BCUT2D eigenvalue weighted by atomic mass is 16.5. The number of aliphatic hydroxyl groups is 1. The van der Waals surface area contributed by atoms with E-state index in [-0.39, 0.29) is 0 Å². The SMILES string of the molecule is N[C@H](CO)C(=O)NO. The predicted molar refractivity (Wildman–Crippen MR) is 25.0 cm³/mol. The molecular formula is C3H8N2O3. The monoisotopic (exact) mass is 120 g/mol. The molecule has 0 aromatic heterocycles. The smallest absolute Gasteiger partial charge is 0.262 e. The molecule has 1 amide bonds. The van der Waals surface area contributed by atoms with E-state index in [4.69, 9.17) is 16.0 Å². The maximum absolute atomic E-state index is 10.1. The predicted octanol–water partition coefficient (Wildman–Crippen LogP) is -2.19. The van der Waals surface area contributed by atoms with Gasteiger partial charge in [-0.3, -0.25) is 10.0 Å². The van der Waals surface area contributed by atoms with E-state index in [1.165, 1.54) is 5.48 Å². The van der Waals surface area contributed by atoms with Crippen LogP contribution in [0, 0.1) is 0 Å². The van der Waals surface area contributed by atoms with Gasteiger partial charge in [-0.2, -0.15) is 0 Å². The average molecular weight is 120 g/mol. The minimum atomic E-state index is -1.03. The lowest BCUT2D eigenvalue weighted by atomic mass is 10.3. The summed E-state index contributed by atoms with van der Waals surface area (Å²) in [5.41, 5.74) is 6.20. The fourth-order valence-electron chi connectivity index (χ4n) is 0.166. The Kier molecular flexibility index (Phi) is 3.09. The second-order valence-electron chi connectivity index (χ2n) is 1.27.